The summed E-state index contributed by atoms with van der Waals surface area (Å²) in [6.45, 7) is 4.31. The van der Waals surface area contributed by atoms with Gasteiger partial charge in [-0.25, -0.2) is 0 Å². The van der Waals surface area contributed by atoms with Crippen LogP contribution in [0.25, 0.3) is 6.08 Å². The number of hydrogen-bond donors (Lipinski definition) is 0. The number of carbonyl (C=O) groups is 1. The predicted molar refractivity (Wildman–Crippen MR) is 105 cm³/mol. The number of nitrogens with zero attached hydrogens (tertiary/aromatic N) is 2. The molecule has 0 atom stereocenters. The summed E-state index contributed by atoms with van der Waals surface area (Å²) in [5.41, 5.74) is 2.16. The molecule has 1 saturated heterocycles. The van der Waals surface area contributed by atoms with Gasteiger partial charge in [0.25, 0.3) is 0 Å². The fourth-order valence-corrected chi connectivity index (χ4v) is 3.40. The summed E-state index contributed by atoms with van der Waals surface area (Å²) in [5, 5.41) is 0.692. The lowest BCUT2D eigenvalue weighted by atomic mass is 10.1. The molecule has 0 bridgehead atoms. The Labute approximate surface area is 163 Å². The maximum Gasteiger partial charge on any atom is 0.246 e. The lowest BCUT2D eigenvalue weighted by molar-refractivity contribution is -0.127. The van der Waals surface area contributed by atoms with E-state index in [2.05, 4.69) is 11.0 Å². The number of rotatable bonds is 4. The minimum absolute atomic E-state index is 0.0488. The molecule has 0 radical (unpaired) electrons. The Hall–Kier alpha value is -2.50. The summed E-state index contributed by atoms with van der Waals surface area (Å²) in [7, 11) is 0. The first-order valence-electron chi connectivity index (χ1n) is 9.01. The number of benzene rings is 2. The molecule has 1 fully saturated rings. The van der Waals surface area contributed by atoms with E-state index in [9.17, 15) is 4.79 Å². The van der Waals surface area contributed by atoms with Crippen molar-refractivity contribution in [2.75, 3.05) is 33.0 Å². The smallest absolute Gasteiger partial charge is 0.246 e. The highest BCUT2D eigenvalue weighted by Gasteiger charge is 2.20. The summed E-state index contributed by atoms with van der Waals surface area (Å²) >= 11 is 5.88. The summed E-state index contributed by atoms with van der Waals surface area (Å²) in [6.07, 6.45) is 3.47. The van der Waals surface area contributed by atoms with Crippen molar-refractivity contribution in [1.82, 2.24) is 9.80 Å². The molecule has 6 heteroatoms. The third kappa shape index (κ3) is 4.43. The molecule has 1 amide bonds. The van der Waals surface area contributed by atoms with Gasteiger partial charge in [0.15, 0.2) is 11.5 Å². The standard InChI is InChI=1S/C21H21ClN2O3/c22-18-5-1-16(2-6-18)4-8-21(25)24-11-9-23(10-12-24)14-17-3-7-19-20(13-17)27-15-26-19/h1-8,13H,9-12,14-15H2. The predicted octanol–water partition coefficient (Wildman–Crippen LogP) is 3.43. The molecule has 2 aromatic rings. The van der Waals surface area contributed by atoms with Crippen molar-refractivity contribution in [2.45, 2.75) is 6.54 Å². The molecule has 0 spiro atoms. The lowest BCUT2D eigenvalue weighted by Gasteiger charge is -2.34. The Balaban J connectivity index is 1.28. The normalized spacial score (nSPS) is 16.9. The van der Waals surface area contributed by atoms with Gasteiger partial charge in [0.05, 0.1) is 0 Å². The minimum atomic E-state index is 0.0488. The number of halogens is 1. The highest BCUT2D eigenvalue weighted by Crippen LogP contribution is 2.32. The maximum absolute atomic E-state index is 12.4. The molecule has 4 rings (SSSR count). The van der Waals surface area contributed by atoms with Crippen LogP contribution in [0.1, 0.15) is 11.1 Å². The Bertz CT molecular complexity index is 843. The summed E-state index contributed by atoms with van der Waals surface area (Å²) in [6, 6.07) is 13.5. The second-order valence-corrected chi connectivity index (χ2v) is 7.11. The third-order valence-corrected chi connectivity index (χ3v) is 5.07. The average Bonchev–Trinajstić information content (AvgIpc) is 3.16. The monoisotopic (exact) mass is 384 g/mol. The zero-order valence-electron chi connectivity index (χ0n) is 14.9. The van der Waals surface area contributed by atoms with E-state index < -0.39 is 0 Å². The van der Waals surface area contributed by atoms with Crippen LogP contribution in [-0.4, -0.2) is 48.7 Å². The summed E-state index contributed by atoms with van der Waals surface area (Å²) in [4.78, 5) is 16.6. The molecule has 5 nitrogen and oxygen atoms in total. The van der Waals surface area contributed by atoms with Gasteiger partial charge in [-0.1, -0.05) is 29.8 Å². The molecule has 0 unspecified atom stereocenters. The van der Waals surface area contributed by atoms with E-state index in [0.29, 0.717) is 11.8 Å². The van der Waals surface area contributed by atoms with E-state index in [0.717, 1.165) is 49.8 Å². The topological polar surface area (TPSA) is 42.0 Å². The second kappa shape index (κ2) is 8.03. The number of fused-ring (bicyclic) bond motifs is 1. The van der Waals surface area contributed by atoms with Gasteiger partial charge >= 0.3 is 0 Å². The van der Waals surface area contributed by atoms with Crippen molar-refractivity contribution in [2.24, 2.45) is 0 Å². The molecule has 27 heavy (non-hydrogen) atoms. The first kappa shape index (κ1) is 17.9. The minimum Gasteiger partial charge on any atom is -0.454 e. The fourth-order valence-electron chi connectivity index (χ4n) is 3.27. The van der Waals surface area contributed by atoms with Crippen molar-refractivity contribution in [1.29, 1.82) is 0 Å². The van der Waals surface area contributed by atoms with Gasteiger partial charge < -0.3 is 14.4 Å². The van der Waals surface area contributed by atoms with Crippen LogP contribution < -0.4 is 9.47 Å². The number of amides is 1. The van der Waals surface area contributed by atoms with Crippen LogP contribution in [-0.2, 0) is 11.3 Å². The van der Waals surface area contributed by atoms with Crippen LogP contribution in [0.4, 0.5) is 0 Å². The van der Waals surface area contributed by atoms with Crippen LogP contribution in [0.2, 0.25) is 5.02 Å². The van der Waals surface area contributed by atoms with Gasteiger partial charge in [0, 0.05) is 43.8 Å². The molecular formula is C21H21ClN2O3. The molecule has 2 aliphatic heterocycles. The van der Waals surface area contributed by atoms with E-state index in [1.54, 1.807) is 6.08 Å². The second-order valence-electron chi connectivity index (χ2n) is 6.67. The van der Waals surface area contributed by atoms with Crippen molar-refractivity contribution < 1.29 is 14.3 Å². The SMILES string of the molecule is O=C(C=Cc1ccc(Cl)cc1)N1CCN(Cc2ccc3c(c2)OCO3)CC1. The molecule has 0 aliphatic carbocycles. The van der Waals surface area contributed by atoms with E-state index >= 15 is 0 Å². The van der Waals surface area contributed by atoms with Crippen molar-refractivity contribution in [3.8, 4) is 11.5 Å². The number of hydrogen-bond acceptors (Lipinski definition) is 4. The van der Waals surface area contributed by atoms with Gasteiger partial charge in [0.2, 0.25) is 12.7 Å². The van der Waals surface area contributed by atoms with Gasteiger partial charge in [-0.2, -0.15) is 0 Å². The van der Waals surface area contributed by atoms with Crippen molar-refractivity contribution >= 4 is 23.6 Å². The third-order valence-electron chi connectivity index (χ3n) is 4.82. The molecule has 140 valence electrons. The summed E-state index contributed by atoms with van der Waals surface area (Å²) in [5.74, 6) is 1.67. The van der Waals surface area contributed by atoms with Gasteiger partial charge in [-0.3, -0.25) is 9.69 Å². The first-order chi connectivity index (χ1) is 13.2. The highest BCUT2D eigenvalue weighted by molar-refractivity contribution is 6.30. The van der Waals surface area contributed by atoms with Crippen LogP contribution >= 0.6 is 11.6 Å². The lowest BCUT2D eigenvalue weighted by Crippen LogP contribution is -2.47. The number of carbonyl (C=O) groups excluding carboxylic acids is 1. The van der Waals surface area contributed by atoms with Crippen LogP contribution in [0.15, 0.2) is 48.5 Å². The Morgan fingerprint density at radius 1 is 1.00 bits per heavy atom. The fraction of sp³-hybridized carbons (Fsp3) is 0.286. The van der Waals surface area contributed by atoms with E-state index in [1.165, 1.54) is 5.56 Å². The number of ether oxygens (including phenoxy) is 2. The highest BCUT2D eigenvalue weighted by atomic mass is 35.5. The average molecular weight is 385 g/mol. The first-order valence-corrected chi connectivity index (χ1v) is 9.39. The van der Waals surface area contributed by atoms with Crippen molar-refractivity contribution in [3.05, 3.63) is 64.7 Å². The van der Waals surface area contributed by atoms with Crippen LogP contribution in [0, 0.1) is 0 Å². The van der Waals surface area contributed by atoms with Crippen LogP contribution in [0.5, 0.6) is 11.5 Å². The maximum atomic E-state index is 12.4. The number of piperazine rings is 1. The van der Waals surface area contributed by atoms with Crippen molar-refractivity contribution in [3.63, 3.8) is 0 Å². The van der Waals surface area contributed by atoms with Gasteiger partial charge in [-0.05, 0) is 41.5 Å². The zero-order valence-corrected chi connectivity index (χ0v) is 15.7. The summed E-state index contributed by atoms with van der Waals surface area (Å²) < 4.78 is 10.8. The molecule has 2 aliphatic rings. The largest absolute Gasteiger partial charge is 0.454 e. The molecule has 2 aromatic carbocycles. The zero-order chi connectivity index (χ0) is 18.6. The van der Waals surface area contributed by atoms with Gasteiger partial charge in [0.1, 0.15) is 0 Å². The Kier molecular flexibility index (Phi) is 5.32. The quantitative estimate of drug-likeness (QED) is 0.757. The molecule has 0 N–H and O–H groups in total. The molecule has 0 aromatic heterocycles. The van der Waals surface area contributed by atoms with Gasteiger partial charge in [-0.15, -0.1) is 0 Å². The molecule has 2 heterocycles. The van der Waals surface area contributed by atoms with E-state index in [1.807, 2.05) is 47.4 Å². The molecule has 0 saturated carbocycles. The Morgan fingerprint density at radius 2 is 1.74 bits per heavy atom. The van der Waals surface area contributed by atoms with E-state index in [-0.39, 0.29) is 5.91 Å². The van der Waals surface area contributed by atoms with Crippen LogP contribution in [0.3, 0.4) is 0 Å². The molecular weight excluding hydrogens is 364 g/mol. The Morgan fingerprint density at radius 3 is 2.52 bits per heavy atom. The van der Waals surface area contributed by atoms with E-state index in [4.69, 9.17) is 21.1 Å².